The fourth-order valence-corrected chi connectivity index (χ4v) is 2.61. The van der Waals surface area contributed by atoms with Crippen molar-refractivity contribution in [2.75, 3.05) is 37.7 Å². The summed E-state index contributed by atoms with van der Waals surface area (Å²) >= 11 is 0. The van der Waals surface area contributed by atoms with E-state index in [4.69, 9.17) is 4.74 Å². The van der Waals surface area contributed by atoms with Gasteiger partial charge < -0.3 is 14.5 Å². The minimum Gasteiger partial charge on any atom is -0.462 e. The van der Waals surface area contributed by atoms with Crippen LogP contribution >= 0.6 is 0 Å². The van der Waals surface area contributed by atoms with Crippen LogP contribution in [-0.2, 0) is 9.53 Å². The Bertz CT molecular complexity index is 505. The van der Waals surface area contributed by atoms with Gasteiger partial charge in [0.15, 0.2) is 0 Å². The molecule has 1 amide bonds. The van der Waals surface area contributed by atoms with Crippen molar-refractivity contribution in [2.45, 2.75) is 26.7 Å². The first-order valence-corrected chi connectivity index (χ1v) is 7.95. The molecule has 0 atom stereocenters. The van der Waals surface area contributed by atoms with Crippen LogP contribution in [0.4, 0.5) is 5.69 Å². The largest absolute Gasteiger partial charge is 0.462 e. The molecular formula is C17H24N2O3. The molecule has 0 spiro atoms. The third-order valence-electron chi connectivity index (χ3n) is 3.84. The molecule has 1 fully saturated rings. The topological polar surface area (TPSA) is 49.9 Å². The number of esters is 1. The van der Waals surface area contributed by atoms with Crippen molar-refractivity contribution in [3.05, 3.63) is 29.8 Å². The number of carbonyl (C=O) groups is 2. The van der Waals surface area contributed by atoms with Crippen molar-refractivity contribution in [2.24, 2.45) is 0 Å². The number of hydrogen-bond acceptors (Lipinski definition) is 4. The van der Waals surface area contributed by atoms with E-state index in [2.05, 4.69) is 4.90 Å². The van der Waals surface area contributed by atoms with Gasteiger partial charge in [-0.3, -0.25) is 4.79 Å². The van der Waals surface area contributed by atoms with E-state index >= 15 is 0 Å². The maximum Gasteiger partial charge on any atom is 0.338 e. The van der Waals surface area contributed by atoms with Crippen molar-refractivity contribution in [3.8, 4) is 0 Å². The van der Waals surface area contributed by atoms with Gasteiger partial charge >= 0.3 is 5.97 Å². The molecule has 1 aliphatic heterocycles. The molecule has 0 N–H and O–H groups in total. The smallest absolute Gasteiger partial charge is 0.338 e. The van der Waals surface area contributed by atoms with Gasteiger partial charge in [-0.2, -0.15) is 0 Å². The van der Waals surface area contributed by atoms with Gasteiger partial charge in [-0.25, -0.2) is 4.79 Å². The molecule has 1 aromatic rings. The van der Waals surface area contributed by atoms with E-state index in [-0.39, 0.29) is 11.9 Å². The molecule has 2 rings (SSSR count). The van der Waals surface area contributed by atoms with Crippen molar-refractivity contribution in [1.29, 1.82) is 0 Å². The Balaban J connectivity index is 1.91. The highest BCUT2D eigenvalue weighted by molar-refractivity contribution is 5.89. The Labute approximate surface area is 131 Å². The third-order valence-corrected chi connectivity index (χ3v) is 3.84. The average molecular weight is 304 g/mol. The fourth-order valence-electron chi connectivity index (χ4n) is 2.61. The minimum atomic E-state index is -0.288. The maximum atomic E-state index is 11.9. The summed E-state index contributed by atoms with van der Waals surface area (Å²) in [5, 5.41) is 0. The van der Waals surface area contributed by atoms with Gasteiger partial charge in [0.05, 0.1) is 12.2 Å². The molecule has 0 bridgehead atoms. The lowest BCUT2D eigenvalue weighted by Gasteiger charge is -2.36. The van der Waals surface area contributed by atoms with Gasteiger partial charge in [-0.05, 0) is 37.6 Å². The lowest BCUT2D eigenvalue weighted by molar-refractivity contribution is -0.131. The Kier molecular flexibility index (Phi) is 5.81. The van der Waals surface area contributed by atoms with Crippen molar-refractivity contribution < 1.29 is 14.3 Å². The molecule has 1 aliphatic rings. The number of hydrogen-bond donors (Lipinski definition) is 0. The summed E-state index contributed by atoms with van der Waals surface area (Å²) < 4.78 is 4.98. The molecule has 5 nitrogen and oxygen atoms in total. The van der Waals surface area contributed by atoms with Crippen LogP contribution in [0.1, 0.15) is 37.0 Å². The predicted octanol–water partition coefficient (Wildman–Crippen LogP) is 2.31. The standard InChI is InChI=1S/C17H24N2O3/c1-3-5-16(20)19-12-10-18(11-13-19)15-8-6-14(7-9-15)17(21)22-4-2/h6-9H,3-5,10-13H2,1-2H3. The lowest BCUT2D eigenvalue weighted by atomic mass is 10.1. The van der Waals surface area contributed by atoms with E-state index in [0.29, 0.717) is 18.6 Å². The minimum absolute atomic E-state index is 0.250. The fraction of sp³-hybridized carbons (Fsp3) is 0.529. The number of amides is 1. The molecule has 1 aromatic carbocycles. The number of carbonyl (C=O) groups excluding carboxylic acids is 2. The highest BCUT2D eigenvalue weighted by Gasteiger charge is 2.20. The molecule has 0 aliphatic carbocycles. The van der Waals surface area contributed by atoms with Gasteiger partial charge in [-0.1, -0.05) is 6.92 Å². The normalized spacial score (nSPS) is 14.8. The molecule has 5 heteroatoms. The van der Waals surface area contributed by atoms with E-state index in [1.807, 2.05) is 24.0 Å². The second-order valence-corrected chi connectivity index (χ2v) is 5.39. The average Bonchev–Trinajstić information content (AvgIpc) is 2.55. The van der Waals surface area contributed by atoms with Gasteiger partial charge in [-0.15, -0.1) is 0 Å². The molecule has 22 heavy (non-hydrogen) atoms. The van der Waals surface area contributed by atoms with Gasteiger partial charge in [0, 0.05) is 38.3 Å². The predicted molar refractivity (Wildman–Crippen MR) is 86.1 cm³/mol. The monoisotopic (exact) mass is 304 g/mol. The Morgan fingerprint density at radius 3 is 2.23 bits per heavy atom. The van der Waals surface area contributed by atoms with Crippen LogP contribution in [0, 0.1) is 0 Å². The Hall–Kier alpha value is -2.04. The van der Waals surface area contributed by atoms with Crippen LogP contribution in [0.2, 0.25) is 0 Å². The van der Waals surface area contributed by atoms with Gasteiger partial charge in [0.2, 0.25) is 5.91 Å². The molecule has 1 saturated heterocycles. The van der Waals surface area contributed by atoms with Gasteiger partial charge in [0.25, 0.3) is 0 Å². The third kappa shape index (κ3) is 4.00. The first-order chi connectivity index (χ1) is 10.7. The molecule has 1 heterocycles. The van der Waals surface area contributed by atoms with Crippen LogP contribution in [0.5, 0.6) is 0 Å². The number of nitrogens with zero attached hydrogens (tertiary/aromatic N) is 2. The van der Waals surface area contributed by atoms with Gasteiger partial charge in [0.1, 0.15) is 0 Å². The number of benzene rings is 1. The summed E-state index contributed by atoms with van der Waals surface area (Å²) in [6, 6.07) is 7.47. The van der Waals surface area contributed by atoms with E-state index in [1.54, 1.807) is 19.1 Å². The van der Waals surface area contributed by atoms with E-state index in [9.17, 15) is 9.59 Å². The van der Waals surface area contributed by atoms with E-state index in [1.165, 1.54) is 0 Å². The summed E-state index contributed by atoms with van der Waals surface area (Å²) in [6.07, 6.45) is 1.53. The molecule has 0 unspecified atom stereocenters. The van der Waals surface area contributed by atoms with Crippen molar-refractivity contribution >= 4 is 17.6 Å². The Morgan fingerprint density at radius 1 is 1.05 bits per heavy atom. The van der Waals surface area contributed by atoms with Crippen LogP contribution in [0.15, 0.2) is 24.3 Å². The summed E-state index contributed by atoms with van der Waals surface area (Å²) in [5.74, 6) is -0.0381. The zero-order valence-corrected chi connectivity index (χ0v) is 13.4. The molecular weight excluding hydrogens is 280 g/mol. The van der Waals surface area contributed by atoms with Crippen molar-refractivity contribution in [1.82, 2.24) is 4.90 Å². The number of piperazine rings is 1. The lowest BCUT2D eigenvalue weighted by Crippen LogP contribution is -2.48. The second kappa shape index (κ2) is 7.82. The molecule has 0 saturated carbocycles. The summed E-state index contributed by atoms with van der Waals surface area (Å²) in [5.41, 5.74) is 1.65. The first kappa shape index (κ1) is 16.3. The highest BCUT2D eigenvalue weighted by atomic mass is 16.5. The van der Waals surface area contributed by atoms with Crippen LogP contribution in [-0.4, -0.2) is 49.6 Å². The first-order valence-electron chi connectivity index (χ1n) is 7.95. The van der Waals surface area contributed by atoms with Crippen LogP contribution in [0.25, 0.3) is 0 Å². The number of ether oxygens (including phenoxy) is 1. The highest BCUT2D eigenvalue weighted by Crippen LogP contribution is 2.18. The number of anilines is 1. The molecule has 0 radical (unpaired) electrons. The maximum absolute atomic E-state index is 11.9. The quantitative estimate of drug-likeness (QED) is 0.783. The zero-order valence-electron chi connectivity index (χ0n) is 13.4. The van der Waals surface area contributed by atoms with Crippen LogP contribution in [0.3, 0.4) is 0 Å². The van der Waals surface area contributed by atoms with E-state index in [0.717, 1.165) is 38.3 Å². The SMILES string of the molecule is CCCC(=O)N1CCN(c2ccc(C(=O)OCC)cc2)CC1. The van der Waals surface area contributed by atoms with Crippen molar-refractivity contribution in [3.63, 3.8) is 0 Å². The molecule has 120 valence electrons. The summed E-state index contributed by atoms with van der Waals surface area (Å²) in [4.78, 5) is 27.7. The zero-order chi connectivity index (χ0) is 15.9. The van der Waals surface area contributed by atoms with Crippen LogP contribution < -0.4 is 4.90 Å². The Morgan fingerprint density at radius 2 is 1.68 bits per heavy atom. The number of rotatable bonds is 5. The van der Waals surface area contributed by atoms with E-state index < -0.39 is 0 Å². The summed E-state index contributed by atoms with van der Waals surface area (Å²) in [7, 11) is 0. The second-order valence-electron chi connectivity index (χ2n) is 5.39. The summed E-state index contributed by atoms with van der Waals surface area (Å²) in [6.45, 7) is 7.39. The molecule has 0 aromatic heterocycles.